The molecule has 0 saturated carbocycles. The van der Waals surface area contributed by atoms with E-state index in [-0.39, 0.29) is 10.8 Å². The van der Waals surface area contributed by atoms with Crippen LogP contribution in [0, 0.1) is 0 Å². The van der Waals surface area contributed by atoms with Gasteiger partial charge in [0.1, 0.15) is 5.75 Å². The number of amides is 1. The van der Waals surface area contributed by atoms with E-state index in [1.54, 1.807) is 37.3 Å². The van der Waals surface area contributed by atoms with Gasteiger partial charge in [-0.05, 0) is 62.2 Å². The monoisotopic (exact) mass is 537 g/mol. The van der Waals surface area contributed by atoms with Crippen LogP contribution in [-0.2, 0) is 19.6 Å². The smallest absolute Gasteiger partial charge is 0.265 e. The van der Waals surface area contributed by atoms with Gasteiger partial charge in [-0.15, -0.1) is 0 Å². The van der Waals surface area contributed by atoms with Crippen LogP contribution >= 0.6 is 15.9 Å². The van der Waals surface area contributed by atoms with Crippen LogP contribution in [0.15, 0.2) is 51.8 Å². The SMILES string of the molecule is C[C@@H](Oc1ccc(Br)cc1)C(=O)Nc1cc(S(=O)(=O)N2CCOCC2)ccc1N1CCCC1. The van der Waals surface area contributed by atoms with Crippen molar-refractivity contribution in [3.63, 3.8) is 0 Å². The van der Waals surface area contributed by atoms with Crippen LogP contribution in [0.25, 0.3) is 0 Å². The summed E-state index contributed by atoms with van der Waals surface area (Å²) in [4.78, 5) is 15.3. The molecule has 2 saturated heterocycles. The number of ether oxygens (including phenoxy) is 2. The lowest BCUT2D eigenvalue weighted by Gasteiger charge is -2.27. The van der Waals surface area contributed by atoms with Gasteiger partial charge in [0.15, 0.2) is 6.10 Å². The number of benzene rings is 2. The Hall–Kier alpha value is -2.14. The summed E-state index contributed by atoms with van der Waals surface area (Å²) in [6.07, 6.45) is 1.35. The lowest BCUT2D eigenvalue weighted by atomic mass is 10.2. The van der Waals surface area contributed by atoms with E-state index in [2.05, 4.69) is 26.1 Å². The maximum Gasteiger partial charge on any atom is 0.265 e. The van der Waals surface area contributed by atoms with E-state index in [1.807, 2.05) is 12.1 Å². The van der Waals surface area contributed by atoms with Gasteiger partial charge in [-0.2, -0.15) is 4.31 Å². The van der Waals surface area contributed by atoms with Crippen LogP contribution in [-0.4, -0.2) is 64.1 Å². The first-order valence-electron chi connectivity index (χ1n) is 11.0. The van der Waals surface area contributed by atoms with Gasteiger partial charge in [0.05, 0.1) is 29.5 Å². The van der Waals surface area contributed by atoms with Crippen LogP contribution in [0.3, 0.4) is 0 Å². The predicted molar refractivity (Wildman–Crippen MR) is 130 cm³/mol. The first-order chi connectivity index (χ1) is 15.8. The minimum Gasteiger partial charge on any atom is -0.481 e. The summed E-state index contributed by atoms with van der Waals surface area (Å²) in [6.45, 7) is 4.78. The number of rotatable bonds is 7. The minimum absolute atomic E-state index is 0.157. The Morgan fingerprint density at radius 2 is 1.73 bits per heavy atom. The molecule has 1 amide bonds. The quantitative estimate of drug-likeness (QED) is 0.581. The number of anilines is 2. The highest BCUT2D eigenvalue weighted by Crippen LogP contribution is 2.33. The van der Waals surface area contributed by atoms with Gasteiger partial charge in [-0.1, -0.05) is 15.9 Å². The number of carbonyl (C=O) groups is 1. The Labute approximate surface area is 203 Å². The molecule has 10 heteroatoms. The molecule has 4 rings (SSSR count). The fourth-order valence-corrected chi connectivity index (χ4v) is 5.65. The molecule has 0 bridgehead atoms. The van der Waals surface area contributed by atoms with Gasteiger partial charge < -0.3 is 19.7 Å². The zero-order chi connectivity index (χ0) is 23.4. The summed E-state index contributed by atoms with van der Waals surface area (Å²) in [7, 11) is -3.69. The molecule has 2 aliphatic heterocycles. The van der Waals surface area contributed by atoms with Crippen molar-refractivity contribution in [2.45, 2.75) is 30.8 Å². The maximum atomic E-state index is 13.2. The number of halogens is 1. The number of sulfonamides is 1. The highest BCUT2D eigenvalue weighted by atomic mass is 79.9. The van der Waals surface area contributed by atoms with Gasteiger partial charge in [0, 0.05) is 30.7 Å². The Kier molecular flexibility index (Phi) is 7.58. The summed E-state index contributed by atoms with van der Waals surface area (Å²) < 4.78 is 39.8. The zero-order valence-corrected chi connectivity index (χ0v) is 20.9. The molecule has 178 valence electrons. The Bertz CT molecular complexity index is 1080. The molecule has 0 unspecified atom stereocenters. The van der Waals surface area contributed by atoms with Crippen molar-refractivity contribution in [2.24, 2.45) is 0 Å². The molecule has 2 aromatic rings. The van der Waals surface area contributed by atoms with E-state index in [4.69, 9.17) is 9.47 Å². The van der Waals surface area contributed by atoms with Gasteiger partial charge in [-0.3, -0.25) is 4.79 Å². The van der Waals surface area contributed by atoms with Gasteiger partial charge in [0.2, 0.25) is 10.0 Å². The summed E-state index contributed by atoms with van der Waals surface area (Å²) in [5, 5.41) is 2.91. The molecule has 2 aliphatic rings. The number of nitrogens with zero attached hydrogens (tertiary/aromatic N) is 2. The average Bonchev–Trinajstić information content (AvgIpc) is 3.36. The van der Waals surface area contributed by atoms with E-state index in [0.717, 1.165) is 36.1 Å². The molecule has 0 radical (unpaired) electrons. The number of nitrogens with one attached hydrogen (secondary N) is 1. The molecule has 0 aliphatic carbocycles. The van der Waals surface area contributed by atoms with Crippen LogP contribution in [0.4, 0.5) is 11.4 Å². The molecule has 2 heterocycles. The minimum atomic E-state index is -3.69. The largest absolute Gasteiger partial charge is 0.481 e. The van der Waals surface area contributed by atoms with E-state index in [1.165, 1.54) is 4.31 Å². The fraction of sp³-hybridized carbons (Fsp3) is 0.435. The Morgan fingerprint density at radius 3 is 2.39 bits per heavy atom. The molecular formula is C23H28BrN3O5S. The average molecular weight is 538 g/mol. The van der Waals surface area contributed by atoms with E-state index < -0.39 is 16.1 Å². The van der Waals surface area contributed by atoms with Crippen molar-refractivity contribution in [3.05, 3.63) is 46.9 Å². The van der Waals surface area contributed by atoms with Crippen molar-refractivity contribution >= 4 is 43.2 Å². The van der Waals surface area contributed by atoms with Gasteiger partial charge in [0.25, 0.3) is 5.91 Å². The maximum absolute atomic E-state index is 13.2. The second kappa shape index (κ2) is 10.4. The van der Waals surface area contributed by atoms with E-state index in [0.29, 0.717) is 37.7 Å². The van der Waals surface area contributed by atoms with Gasteiger partial charge in [-0.25, -0.2) is 8.42 Å². The predicted octanol–water partition coefficient (Wildman–Crippen LogP) is 3.48. The van der Waals surface area contributed by atoms with Crippen LogP contribution in [0.2, 0.25) is 0 Å². The summed E-state index contributed by atoms with van der Waals surface area (Å²) in [5.41, 5.74) is 1.29. The van der Waals surface area contributed by atoms with E-state index >= 15 is 0 Å². The highest BCUT2D eigenvalue weighted by molar-refractivity contribution is 9.10. The van der Waals surface area contributed by atoms with Crippen LogP contribution < -0.4 is 15.0 Å². The number of hydrogen-bond acceptors (Lipinski definition) is 6. The van der Waals surface area contributed by atoms with Crippen molar-refractivity contribution < 1.29 is 22.7 Å². The standard InChI is InChI=1S/C23H28BrN3O5S/c1-17(32-19-6-4-18(24)5-7-19)23(28)25-21-16-20(8-9-22(21)26-10-2-3-11-26)33(29,30)27-12-14-31-15-13-27/h4-9,16-17H,2-3,10-15H2,1H3,(H,25,28)/t17-/m1/s1. The highest BCUT2D eigenvalue weighted by Gasteiger charge is 2.28. The molecule has 2 aromatic carbocycles. The van der Waals surface area contributed by atoms with E-state index in [9.17, 15) is 13.2 Å². The Balaban J connectivity index is 1.58. The number of carbonyl (C=O) groups excluding carboxylic acids is 1. The van der Waals surface area contributed by atoms with Crippen molar-refractivity contribution in [1.29, 1.82) is 0 Å². The number of hydrogen-bond donors (Lipinski definition) is 1. The first-order valence-corrected chi connectivity index (χ1v) is 13.3. The van der Waals surface area contributed by atoms with Crippen molar-refractivity contribution in [3.8, 4) is 5.75 Å². The second-order valence-electron chi connectivity index (χ2n) is 8.09. The summed E-state index contributed by atoms with van der Waals surface area (Å²) in [6, 6.07) is 12.2. The molecule has 8 nitrogen and oxygen atoms in total. The molecule has 1 atom stereocenters. The van der Waals surface area contributed by atoms with Crippen LogP contribution in [0.5, 0.6) is 5.75 Å². The second-order valence-corrected chi connectivity index (χ2v) is 10.9. The lowest BCUT2D eigenvalue weighted by molar-refractivity contribution is -0.122. The topological polar surface area (TPSA) is 88.2 Å². The molecular weight excluding hydrogens is 510 g/mol. The third-order valence-corrected chi connectivity index (χ3v) is 8.20. The summed E-state index contributed by atoms with van der Waals surface area (Å²) in [5.74, 6) is 0.226. The normalized spacial score (nSPS) is 18.2. The van der Waals surface area contributed by atoms with Gasteiger partial charge >= 0.3 is 0 Å². The zero-order valence-electron chi connectivity index (χ0n) is 18.5. The summed E-state index contributed by atoms with van der Waals surface area (Å²) >= 11 is 3.38. The first kappa shape index (κ1) is 24.0. The molecule has 33 heavy (non-hydrogen) atoms. The molecule has 2 fully saturated rings. The molecule has 1 N–H and O–H groups in total. The van der Waals surface area contributed by atoms with Crippen molar-refractivity contribution in [2.75, 3.05) is 49.6 Å². The molecule has 0 aromatic heterocycles. The third kappa shape index (κ3) is 5.68. The number of morpholine rings is 1. The Morgan fingerprint density at radius 1 is 1.06 bits per heavy atom. The van der Waals surface area contributed by atoms with Crippen molar-refractivity contribution in [1.82, 2.24) is 4.31 Å². The third-order valence-electron chi connectivity index (χ3n) is 5.78. The lowest BCUT2D eigenvalue weighted by Crippen LogP contribution is -2.40. The molecule has 0 spiro atoms. The fourth-order valence-electron chi connectivity index (χ4n) is 3.95. The van der Waals surface area contributed by atoms with Crippen LogP contribution in [0.1, 0.15) is 19.8 Å².